The number of hydrogen-bond acceptors (Lipinski definition) is 3. The van der Waals surface area contributed by atoms with Crippen molar-refractivity contribution in [2.75, 3.05) is 20.2 Å². The SMILES string of the molecule is CC1CCC(C(CN)N(C)C2CCOC2C)CC1. The van der Waals surface area contributed by atoms with Gasteiger partial charge >= 0.3 is 0 Å². The Morgan fingerprint density at radius 3 is 2.33 bits per heavy atom. The second-order valence-corrected chi connectivity index (χ2v) is 6.42. The summed E-state index contributed by atoms with van der Waals surface area (Å²) in [5.41, 5.74) is 6.07. The van der Waals surface area contributed by atoms with Crippen molar-refractivity contribution in [3.8, 4) is 0 Å². The minimum Gasteiger partial charge on any atom is -0.377 e. The van der Waals surface area contributed by atoms with Crippen LogP contribution in [0.5, 0.6) is 0 Å². The lowest BCUT2D eigenvalue weighted by Crippen LogP contribution is -2.51. The Balaban J connectivity index is 1.94. The summed E-state index contributed by atoms with van der Waals surface area (Å²) in [5.74, 6) is 1.71. The van der Waals surface area contributed by atoms with Gasteiger partial charge in [0, 0.05) is 25.2 Å². The smallest absolute Gasteiger partial charge is 0.0703 e. The highest BCUT2D eigenvalue weighted by molar-refractivity contribution is 4.89. The van der Waals surface area contributed by atoms with E-state index in [0.717, 1.165) is 31.4 Å². The van der Waals surface area contributed by atoms with Crippen LogP contribution in [0.15, 0.2) is 0 Å². The molecule has 3 heteroatoms. The third kappa shape index (κ3) is 3.06. The van der Waals surface area contributed by atoms with Gasteiger partial charge in [-0.15, -0.1) is 0 Å². The molecule has 1 saturated heterocycles. The Hall–Kier alpha value is -0.120. The fourth-order valence-corrected chi connectivity index (χ4v) is 3.86. The summed E-state index contributed by atoms with van der Waals surface area (Å²) < 4.78 is 5.70. The van der Waals surface area contributed by atoms with E-state index in [9.17, 15) is 0 Å². The quantitative estimate of drug-likeness (QED) is 0.836. The molecule has 2 rings (SSSR count). The van der Waals surface area contributed by atoms with Gasteiger partial charge in [-0.1, -0.05) is 19.8 Å². The summed E-state index contributed by atoms with van der Waals surface area (Å²) in [4.78, 5) is 2.53. The zero-order chi connectivity index (χ0) is 13.1. The number of nitrogens with zero attached hydrogens (tertiary/aromatic N) is 1. The molecule has 1 heterocycles. The molecule has 2 fully saturated rings. The molecule has 0 amide bonds. The minimum absolute atomic E-state index is 0.367. The Morgan fingerprint density at radius 2 is 1.83 bits per heavy atom. The maximum atomic E-state index is 6.07. The molecule has 0 bridgehead atoms. The van der Waals surface area contributed by atoms with E-state index < -0.39 is 0 Å². The van der Waals surface area contributed by atoms with Crippen molar-refractivity contribution in [2.45, 2.75) is 64.1 Å². The first kappa shape index (κ1) is 14.3. The minimum atomic E-state index is 0.367. The first-order valence-electron chi connectivity index (χ1n) is 7.67. The van der Waals surface area contributed by atoms with Crippen LogP contribution in [0.1, 0.15) is 46.0 Å². The Bertz CT molecular complexity index is 251. The van der Waals surface area contributed by atoms with E-state index in [4.69, 9.17) is 10.5 Å². The average molecular weight is 254 g/mol. The van der Waals surface area contributed by atoms with E-state index in [1.165, 1.54) is 25.7 Å². The molecule has 1 aliphatic heterocycles. The largest absolute Gasteiger partial charge is 0.377 e. The molecule has 1 saturated carbocycles. The fraction of sp³-hybridized carbons (Fsp3) is 1.00. The Kier molecular flexibility index (Phi) is 5.05. The lowest BCUT2D eigenvalue weighted by atomic mass is 9.78. The normalized spacial score (nSPS) is 39.2. The summed E-state index contributed by atoms with van der Waals surface area (Å²) in [6.07, 6.45) is 7.01. The van der Waals surface area contributed by atoms with E-state index in [1.807, 2.05) is 0 Å². The van der Waals surface area contributed by atoms with Gasteiger partial charge in [-0.05, 0) is 45.1 Å². The summed E-state index contributed by atoms with van der Waals surface area (Å²) >= 11 is 0. The van der Waals surface area contributed by atoms with Crippen LogP contribution in [0.3, 0.4) is 0 Å². The molecular weight excluding hydrogens is 224 g/mol. The maximum Gasteiger partial charge on any atom is 0.0703 e. The molecule has 3 unspecified atom stereocenters. The number of hydrogen-bond donors (Lipinski definition) is 1. The van der Waals surface area contributed by atoms with E-state index in [-0.39, 0.29) is 0 Å². The van der Waals surface area contributed by atoms with Gasteiger partial charge in [0.05, 0.1) is 6.10 Å². The predicted octanol–water partition coefficient (Wildman–Crippen LogP) is 2.25. The van der Waals surface area contributed by atoms with Crippen LogP contribution >= 0.6 is 0 Å². The molecule has 106 valence electrons. The molecule has 2 aliphatic rings. The Morgan fingerprint density at radius 1 is 1.17 bits per heavy atom. The molecule has 2 N–H and O–H groups in total. The van der Waals surface area contributed by atoms with Crippen LogP contribution in [-0.4, -0.2) is 43.3 Å². The second-order valence-electron chi connectivity index (χ2n) is 6.42. The van der Waals surface area contributed by atoms with Crippen molar-refractivity contribution in [3.63, 3.8) is 0 Å². The van der Waals surface area contributed by atoms with Gasteiger partial charge in [-0.2, -0.15) is 0 Å². The van der Waals surface area contributed by atoms with Crippen LogP contribution in [0.25, 0.3) is 0 Å². The highest BCUT2D eigenvalue weighted by atomic mass is 16.5. The highest BCUT2D eigenvalue weighted by Gasteiger charge is 2.35. The van der Waals surface area contributed by atoms with Gasteiger partial charge in [-0.3, -0.25) is 4.90 Å². The summed E-state index contributed by atoms with van der Waals surface area (Å²) in [7, 11) is 2.26. The van der Waals surface area contributed by atoms with Crippen LogP contribution in [0.4, 0.5) is 0 Å². The average Bonchev–Trinajstić information content (AvgIpc) is 2.78. The van der Waals surface area contributed by atoms with Gasteiger partial charge in [0.15, 0.2) is 0 Å². The zero-order valence-corrected chi connectivity index (χ0v) is 12.3. The van der Waals surface area contributed by atoms with Gasteiger partial charge < -0.3 is 10.5 Å². The van der Waals surface area contributed by atoms with Crippen molar-refractivity contribution < 1.29 is 4.74 Å². The van der Waals surface area contributed by atoms with Crippen LogP contribution < -0.4 is 5.73 Å². The summed E-state index contributed by atoms with van der Waals surface area (Å²) in [5, 5.41) is 0. The summed E-state index contributed by atoms with van der Waals surface area (Å²) in [6.45, 7) is 6.28. The molecule has 0 spiro atoms. The Labute approximate surface area is 112 Å². The van der Waals surface area contributed by atoms with Crippen molar-refractivity contribution in [2.24, 2.45) is 17.6 Å². The molecule has 0 radical (unpaired) electrons. The van der Waals surface area contributed by atoms with Crippen molar-refractivity contribution >= 4 is 0 Å². The van der Waals surface area contributed by atoms with Crippen LogP contribution in [-0.2, 0) is 4.74 Å². The lowest BCUT2D eigenvalue weighted by molar-refractivity contribution is 0.0455. The molecule has 18 heavy (non-hydrogen) atoms. The molecule has 0 aromatic rings. The first-order chi connectivity index (χ1) is 8.63. The van der Waals surface area contributed by atoms with E-state index in [1.54, 1.807) is 0 Å². The standard InChI is InChI=1S/C15H30N2O/c1-11-4-6-13(7-5-11)15(10-16)17(3)14-8-9-18-12(14)2/h11-15H,4-10,16H2,1-3H3. The molecule has 1 aliphatic carbocycles. The van der Waals surface area contributed by atoms with Gasteiger partial charge in [0.25, 0.3) is 0 Å². The number of likely N-dealkylation sites (N-methyl/N-ethyl adjacent to an activating group) is 1. The summed E-state index contributed by atoms with van der Waals surface area (Å²) in [6, 6.07) is 1.12. The molecular formula is C15H30N2O. The molecule has 3 nitrogen and oxygen atoms in total. The van der Waals surface area contributed by atoms with Crippen LogP contribution in [0, 0.1) is 11.8 Å². The van der Waals surface area contributed by atoms with E-state index in [0.29, 0.717) is 18.2 Å². The lowest BCUT2D eigenvalue weighted by Gasteiger charge is -2.41. The number of ether oxygens (including phenoxy) is 1. The van der Waals surface area contributed by atoms with Gasteiger partial charge in [-0.25, -0.2) is 0 Å². The van der Waals surface area contributed by atoms with Gasteiger partial charge in [0.2, 0.25) is 0 Å². The second kappa shape index (κ2) is 6.36. The molecule has 0 aromatic heterocycles. The third-order valence-corrected chi connectivity index (χ3v) is 5.23. The maximum absolute atomic E-state index is 6.07. The van der Waals surface area contributed by atoms with Crippen molar-refractivity contribution in [1.82, 2.24) is 4.90 Å². The van der Waals surface area contributed by atoms with Crippen molar-refractivity contribution in [1.29, 1.82) is 0 Å². The topological polar surface area (TPSA) is 38.5 Å². The number of rotatable bonds is 4. The molecule has 0 aromatic carbocycles. The number of nitrogens with two attached hydrogens (primary N) is 1. The monoisotopic (exact) mass is 254 g/mol. The fourth-order valence-electron chi connectivity index (χ4n) is 3.86. The van der Waals surface area contributed by atoms with Crippen LogP contribution in [0.2, 0.25) is 0 Å². The van der Waals surface area contributed by atoms with Crippen molar-refractivity contribution in [3.05, 3.63) is 0 Å². The molecule has 3 atom stereocenters. The predicted molar refractivity (Wildman–Crippen MR) is 75.5 cm³/mol. The van der Waals surface area contributed by atoms with E-state index >= 15 is 0 Å². The zero-order valence-electron chi connectivity index (χ0n) is 12.3. The van der Waals surface area contributed by atoms with Gasteiger partial charge in [0.1, 0.15) is 0 Å². The first-order valence-corrected chi connectivity index (χ1v) is 7.67. The van der Waals surface area contributed by atoms with E-state index in [2.05, 4.69) is 25.8 Å². The third-order valence-electron chi connectivity index (χ3n) is 5.23. The highest BCUT2D eigenvalue weighted by Crippen LogP contribution is 2.33.